The third kappa shape index (κ3) is 60.7. The highest BCUT2D eigenvalue weighted by molar-refractivity contribution is 5.80. The largest absolute Gasteiger partial charge is 0.394 e. The highest BCUT2D eigenvalue weighted by Gasteiger charge is 2.22. The molecule has 454 valence electrons. The average Bonchev–Trinajstić information content (AvgIpc) is 3.42. The summed E-state index contributed by atoms with van der Waals surface area (Å²) in [4.78, 5) is 12.6. The van der Waals surface area contributed by atoms with E-state index in [9.17, 15) is 20.1 Å². The number of hydrogen-bond acceptors (Lipinski definition) is 4. The molecule has 0 fully saturated rings. The monoisotopic (exact) mass is 1070 g/mol. The van der Waals surface area contributed by atoms with Gasteiger partial charge in [-0.05, 0) is 19.3 Å². The van der Waals surface area contributed by atoms with Crippen LogP contribution in [0.2, 0.25) is 0 Å². The number of allylic oxidation sites excluding steroid dienone is 1. The van der Waals surface area contributed by atoms with E-state index < -0.39 is 24.2 Å². The van der Waals surface area contributed by atoms with Gasteiger partial charge in [0.25, 0.3) is 0 Å². The Labute approximate surface area is 478 Å². The van der Waals surface area contributed by atoms with Gasteiger partial charge in [0.15, 0.2) is 0 Å². The maximum Gasteiger partial charge on any atom is 0.249 e. The predicted molar refractivity (Wildman–Crippen MR) is 338 cm³/mol. The van der Waals surface area contributed by atoms with E-state index in [0.29, 0.717) is 6.42 Å². The van der Waals surface area contributed by atoms with Crippen LogP contribution in [0.1, 0.15) is 412 Å². The highest BCUT2D eigenvalue weighted by atomic mass is 16.3. The van der Waals surface area contributed by atoms with Crippen molar-refractivity contribution in [1.82, 2.24) is 5.32 Å². The number of aliphatic hydroxyl groups excluding tert-OH is 3. The zero-order valence-electron chi connectivity index (χ0n) is 52.2. The van der Waals surface area contributed by atoms with Crippen LogP contribution < -0.4 is 5.32 Å². The molecule has 0 heterocycles. The van der Waals surface area contributed by atoms with Crippen molar-refractivity contribution in [1.29, 1.82) is 0 Å². The fraction of sp³-hybridized carbons (Fsp3) is 0.958. The minimum atomic E-state index is -1.10. The number of unbranched alkanes of at least 4 members (excludes halogenated alkanes) is 59. The van der Waals surface area contributed by atoms with Crippen LogP contribution in [0.25, 0.3) is 0 Å². The topological polar surface area (TPSA) is 89.8 Å². The molecule has 3 unspecified atom stereocenters. The van der Waals surface area contributed by atoms with Crippen molar-refractivity contribution >= 4 is 5.91 Å². The lowest BCUT2D eigenvalue weighted by Crippen LogP contribution is -2.48. The zero-order valence-corrected chi connectivity index (χ0v) is 52.2. The number of rotatable bonds is 67. The standard InChI is InChI=1S/C71H141NO4/c1-3-5-7-9-11-13-15-17-19-21-23-25-27-29-30-31-32-33-34-35-36-37-38-39-40-41-42-44-46-48-50-52-54-56-58-60-62-64-66-70(75)71(76)72-68(67-73)69(74)65-63-61-59-57-55-53-51-49-47-45-43-28-26-24-22-20-18-16-14-12-10-8-6-4-2/h63,65,68-70,73-75H,3-62,64,66-67H2,1-2H3,(H,72,76)/b65-63+. The molecule has 0 rings (SSSR count). The zero-order chi connectivity index (χ0) is 55.0. The summed E-state index contributed by atoms with van der Waals surface area (Å²) in [6.07, 6.45) is 86.6. The van der Waals surface area contributed by atoms with E-state index in [1.54, 1.807) is 6.08 Å². The van der Waals surface area contributed by atoms with Gasteiger partial charge >= 0.3 is 0 Å². The lowest BCUT2D eigenvalue weighted by Gasteiger charge is -2.21. The number of carbonyl (C=O) groups excluding carboxylic acids is 1. The van der Waals surface area contributed by atoms with Gasteiger partial charge in [-0.15, -0.1) is 0 Å². The Morgan fingerprint density at radius 2 is 0.513 bits per heavy atom. The van der Waals surface area contributed by atoms with Crippen molar-refractivity contribution in [2.24, 2.45) is 0 Å². The van der Waals surface area contributed by atoms with Crippen LogP contribution in [0.15, 0.2) is 12.2 Å². The summed E-state index contributed by atoms with van der Waals surface area (Å²) in [5, 5.41) is 33.5. The molecule has 1 amide bonds. The second-order valence-corrected chi connectivity index (χ2v) is 24.8. The van der Waals surface area contributed by atoms with Gasteiger partial charge < -0.3 is 20.6 Å². The number of hydrogen-bond donors (Lipinski definition) is 4. The lowest BCUT2D eigenvalue weighted by atomic mass is 10.0. The van der Waals surface area contributed by atoms with Crippen LogP contribution in [0.4, 0.5) is 0 Å². The molecular weight excluding hydrogens is 931 g/mol. The molecule has 76 heavy (non-hydrogen) atoms. The molecule has 0 aliphatic carbocycles. The van der Waals surface area contributed by atoms with Crippen LogP contribution in [-0.2, 0) is 4.79 Å². The van der Waals surface area contributed by atoms with Crippen molar-refractivity contribution in [3.05, 3.63) is 12.2 Å². The minimum Gasteiger partial charge on any atom is -0.394 e. The van der Waals surface area contributed by atoms with Crippen LogP contribution in [0.5, 0.6) is 0 Å². The Bertz CT molecular complexity index is 1100. The first kappa shape index (κ1) is 75.1. The normalized spacial score (nSPS) is 13.1. The van der Waals surface area contributed by atoms with Gasteiger partial charge in [0.05, 0.1) is 18.8 Å². The summed E-state index contributed by atoms with van der Waals surface area (Å²) in [6.45, 7) is 4.24. The van der Waals surface area contributed by atoms with E-state index in [0.717, 1.165) is 32.1 Å². The molecule has 0 aromatic heterocycles. The molecule has 5 heteroatoms. The highest BCUT2D eigenvalue weighted by Crippen LogP contribution is 2.20. The van der Waals surface area contributed by atoms with E-state index in [4.69, 9.17) is 0 Å². The van der Waals surface area contributed by atoms with Gasteiger partial charge in [0.1, 0.15) is 6.10 Å². The fourth-order valence-electron chi connectivity index (χ4n) is 11.7. The van der Waals surface area contributed by atoms with E-state index in [1.165, 1.54) is 360 Å². The number of carbonyl (C=O) groups is 1. The Kier molecular flexibility index (Phi) is 65.8. The molecular formula is C71H141NO4. The molecule has 0 aromatic carbocycles. The Hall–Kier alpha value is -0.910. The van der Waals surface area contributed by atoms with Gasteiger partial charge in [-0.2, -0.15) is 0 Å². The Morgan fingerprint density at radius 3 is 0.724 bits per heavy atom. The van der Waals surface area contributed by atoms with E-state index in [2.05, 4.69) is 19.2 Å². The van der Waals surface area contributed by atoms with Crippen molar-refractivity contribution in [2.75, 3.05) is 6.61 Å². The molecule has 0 bridgehead atoms. The van der Waals surface area contributed by atoms with Crippen LogP contribution >= 0.6 is 0 Å². The van der Waals surface area contributed by atoms with E-state index >= 15 is 0 Å². The molecule has 0 saturated heterocycles. The molecule has 0 aromatic rings. The molecule has 0 spiro atoms. The van der Waals surface area contributed by atoms with Gasteiger partial charge in [-0.1, -0.05) is 405 Å². The van der Waals surface area contributed by atoms with Gasteiger partial charge in [0, 0.05) is 0 Å². The van der Waals surface area contributed by atoms with Crippen molar-refractivity contribution in [2.45, 2.75) is 430 Å². The first-order valence-corrected chi connectivity index (χ1v) is 35.5. The van der Waals surface area contributed by atoms with Crippen molar-refractivity contribution in [3.63, 3.8) is 0 Å². The second kappa shape index (κ2) is 66.6. The molecule has 0 aliphatic heterocycles. The summed E-state index contributed by atoms with van der Waals surface area (Å²) >= 11 is 0. The molecule has 0 aliphatic rings. The first-order chi connectivity index (χ1) is 37.6. The number of amides is 1. The second-order valence-electron chi connectivity index (χ2n) is 24.8. The summed E-state index contributed by atoms with van der Waals surface area (Å²) < 4.78 is 0. The quantitative estimate of drug-likeness (QED) is 0.0361. The summed E-state index contributed by atoms with van der Waals surface area (Å²) in [7, 11) is 0. The predicted octanol–water partition coefficient (Wildman–Crippen LogP) is 23.0. The number of nitrogens with one attached hydrogen (secondary N) is 1. The van der Waals surface area contributed by atoms with Crippen LogP contribution in [-0.4, -0.2) is 46.1 Å². The third-order valence-electron chi connectivity index (χ3n) is 17.1. The van der Waals surface area contributed by atoms with Crippen LogP contribution in [0.3, 0.4) is 0 Å². The number of aliphatic hydroxyl groups is 3. The maximum absolute atomic E-state index is 12.6. The molecule has 0 saturated carbocycles. The molecule has 5 nitrogen and oxygen atoms in total. The smallest absolute Gasteiger partial charge is 0.249 e. The van der Waals surface area contributed by atoms with Crippen LogP contribution in [0, 0.1) is 0 Å². The molecule has 3 atom stereocenters. The minimum absolute atomic E-state index is 0.358. The average molecular weight is 1070 g/mol. The van der Waals surface area contributed by atoms with Gasteiger partial charge in [0.2, 0.25) is 5.91 Å². The summed E-state index contributed by atoms with van der Waals surface area (Å²) in [6, 6.07) is -0.796. The third-order valence-corrected chi connectivity index (χ3v) is 17.1. The summed E-state index contributed by atoms with van der Waals surface area (Å²) in [5.74, 6) is -0.493. The van der Waals surface area contributed by atoms with Crippen molar-refractivity contribution in [3.8, 4) is 0 Å². The SMILES string of the molecule is CCCCCCCCCCCCCCCCCCCCCCCC/C=C/C(O)C(CO)NC(=O)C(O)CCCCCCCCCCCCCCCCCCCCCCCCCCCCCCCCCCCCCCCC. The van der Waals surface area contributed by atoms with Gasteiger partial charge in [-0.25, -0.2) is 0 Å². The van der Waals surface area contributed by atoms with E-state index in [1.807, 2.05) is 6.08 Å². The Balaban J connectivity index is 3.44. The Morgan fingerprint density at radius 1 is 0.316 bits per heavy atom. The lowest BCUT2D eigenvalue weighted by molar-refractivity contribution is -0.131. The van der Waals surface area contributed by atoms with Gasteiger partial charge in [-0.3, -0.25) is 4.79 Å². The van der Waals surface area contributed by atoms with E-state index in [-0.39, 0.29) is 6.61 Å². The fourth-order valence-corrected chi connectivity index (χ4v) is 11.7. The summed E-state index contributed by atoms with van der Waals surface area (Å²) in [5.41, 5.74) is 0. The van der Waals surface area contributed by atoms with Crippen molar-refractivity contribution < 1.29 is 20.1 Å². The molecule has 0 radical (unpaired) electrons. The first-order valence-electron chi connectivity index (χ1n) is 35.5. The maximum atomic E-state index is 12.6. The molecule has 4 N–H and O–H groups in total.